The van der Waals surface area contributed by atoms with E-state index in [9.17, 15) is 19.7 Å². The highest BCUT2D eigenvalue weighted by molar-refractivity contribution is 14.1. The van der Waals surface area contributed by atoms with Crippen molar-refractivity contribution >= 4 is 80.2 Å². The van der Waals surface area contributed by atoms with Gasteiger partial charge in [-0.25, -0.2) is 4.79 Å². The Kier molecular flexibility index (Phi) is 8.01. The number of amides is 1. The Hall–Kier alpha value is -3.29. The fourth-order valence-electron chi connectivity index (χ4n) is 3.31. The summed E-state index contributed by atoms with van der Waals surface area (Å²) < 4.78 is 12.4. The minimum Gasteiger partial charge on any atom is -0.490 e. The van der Waals surface area contributed by atoms with Gasteiger partial charge in [-0.05, 0) is 77.6 Å². The summed E-state index contributed by atoms with van der Waals surface area (Å²) >= 11 is 8.57. The van der Waals surface area contributed by atoms with E-state index in [0.29, 0.717) is 38.4 Å². The predicted molar refractivity (Wildman–Crippen MR) is 150 cm³/mol. The second-order valence-corrected chi connectivity index (χ2v) is 10.1. The fourth-order valence-corrected chi connectivity index (χ4v) is 5.22. The second-order valence-electron chi connectivity index (χ2n) is 7.30. The summed E-state index contributed by atoms with van der Waals surface area (Å²) in [5, 5.41) is 10.9. The van der Waals surface area contributed by atoms with E-state index >= 15 is 0 Å². The van der Waals surface area contributed by atoms with Gasteiger partial charge in [0, 0.05) is 15.7 Å². The van der Waals surface area contributed by atoms with Crippen LogP contribution in [0.5, 0.6) is 11.5 Å². The van der Waals surface area contributed by atoms with Gasteiger partial charge in [-0.15, -0.1) is 0 Å². The first-order valence-electron chi connectivity index (χ1n) is 10.5. The number of thioether (sulfide) groups is 1. The average Bonchev–Trinajstić information content (AvgIpc) is 3.13. The number of ether oxygens (including phenoxy) is 2. The number of hydrogen-bond donors (Lipinski definition) is 0. The first-order valence-corrected chi connectivity index (χ1v) is 12.8. The van der Waals surface area contributed by atoms with Crippen molar-refractivity contribution in [3.05, 3.63) is 96.4 Å². The molecule has 1 saturated heterocycles. The lowest BCUT2D eigenvalue weighted by molar-refractivity contribution is -0.384. The first kappa shape index (κ1) is 25.8. The Morgan fingerprint density at radius 1 is 1.14 bits per heavy atom. The Morgan fingerprint density at radius 3 is 2.53 bits per heavy atom. The summed E-state index contributed by atoms with van der Waals surface area (Å²) in [4.78, 5) is 37.8. The van der Waals surface area contributed by atoms with E-state index in [0.717, 1.165) is 15.3 Å². The highest BCUT2D eigenvalue weighted by Gasteiger charge is 2.33. The minimum atomic E-state index is -0.508. The molecule has 1 aliphatic heterocycles. The van der Waals surface area contributed by atoms with Crippen LogP contribution in [0.2, 0.25) is 0 Å². The van der Waals surface area contributed by atoms with Gasteiger partial charge in [-0.1, -0.05) is 42.2 Å². The maximum atomic E-state index is 13.1. The minimum absolute atomic E-state index is 0.0778. The molecule has 3 aromatic rings. The molecule has 0 bridgehead atoms. The van der Waals surface area contributed by atoms with Crippen molar-refractivity contribution < 1.29 is 24.0 Å². The second kappa shape index (κ2) is 11.2. The molecule has 0 saturated carbocycles. The van der Waals surface area contributed by atoms with Crippen molar-refractivity contribution in [2.45, 2.75) is 6.92 Å². The lowest BCUT2D eigenvalue weighted by Crippen LogP contribution is -2.27. The molecule has 1 aliphatic rings. The van der Waals surface area contributed by atoms with E-state index in [2.05, 4.69) is 22.6 Å². The Bertz CT molecular complexity index is 1410. The maximum absolute atomic E-state index is 13.1. The van der Waals surface area contributed by atoms with Gasteiger partial charge in [0.15, 0.2) is 15.8 Å². The van der Waals surface area contributed by atoms with Crippen LogP contribution in [0.15, 0.2) is 71.6 Å². The van der Waals surface area contributed by atoms with E-state index < -0.39 is 10.9 Å². The Balaban J connectivity index is 1.58. The van der Waals surface area contributed by atoms with Gasteiger partial charge < -0.3 is 9.47 Å². The molecule has 8 nitrogen and oxygen atoms in total. The Labute approximate surface area is 229 Å². The average molecular weight is 632 g/mol. The third-order valence-corrected chi connectivity index (χ3v) is 7.22. The number of rotatable bonds is 7. The third kappa shape index (κ3) is 5.58. The molecular formula is C25H17IN2O6S2. The molecule has 1 fully saturated rings. The van der Waals surface area contributed by atoms with Crippen LogP contribution in [-0.4, -0.2) is 27.7 Å². The van der Waals surface area contributed by atoms with Crippen LogP contribution in [0.25, 0.3) is 6.08 Å². The SMILES string of the molecule is CCOc1cc(/C=C2\SC(=S)N(c3ccc([N+](=O)[O-])cc3)C2=O)ccc1OC(=O)c1ccccc1I. The van der Waals surface area contributed by atoms with E-state index in [1.54, 1.807) is 36.4 Å². The number of nitro benzene ring substituents is 1. The zero-order chi connectivity index (χ0) is 25.8. The van der Waals surface area contributed by atoms with Crippen molar-refractivity contribution in [3.63, 3.8) is 0 Å². The van der Waals surface area contributed by atoms with Crippen LogP contribution >= 0.6 is 46.6 Å². The topological polar surface area (TPSA) is 99.0 Å². The van der Waals surface area contributed by atoms with Crippen LogP contribution in [0.4, 0.5) is 11.4 Å². The first-order chi connectivity index (χ1) is 17.3. The smallest absolute Gasteiger partial charge is 0.344 e. The maximum Gasteiger partial charge on any atom is 0.344 e. The van der Waals surface area contributed by atoms with E-state index in [1.165, 1.54) is 29.2 Å². The monoisotopic (exact) mass is 632 g/mol. The molecule has 182 valence electrons. The molecule has 0 N–H and O–H groups in total. The lowest BCUT2D eigenvalue weighted by Gasteiger charge is -2.14. The quantitative estimate of drug-likeness (QED) is 0.0576. The van der Waals surface area contributed by atoms with Crippen molar-refractivity contribution in [1.82, 2.24) is 0 Å². The highest BCUT2D eigenvalue weighted by atomic mass is 127. The molecule has 0 unspecified atom stereocenters. The number of benzene rings is 3. The van der Waals surface area contributed by atoms with Crippen molar-refractivity contribution in [1.29, 1.82) is 0 Å². The van der Waals surface area contributed by atoms with Gasteiger partial charge in [-0.3, -0.25) is 19.8 Å². The molecular weight excluding hydrogens is 615 g/mol. The molecule has 11 heteroatoms. The number of hydrogen-bond acceptors (Lipinski definition) is 8. The number of esters is 1. The molecule has 0 aromatic heterocycles. The van der Waals surface area contributed by atoms with Gasteiger partial charge in [0.05, 0.1) is 27.7 Å². The number of halogens is 1. The lowest BCUT2D eigenvalue weighted by atomic mass is 10.1. The molecule has 1 heterocycles. The summed E-state index contributed by atoms with van der Waals surface area (Å²) in [7, 11) is 0. The van der Waals surface area contributed by atoms with Crippen molar-refractivity contribution in [3.8, 4) is 11.5 Å². The fraction of sp³-hybridized carbons (Fsp3) is 0.0800. The van der Waals surface area contributed by atoms with Crippen LogP contribution in [0.1, 0.15) is 22.8 Å². The van der Waals surface area contributed by atoms with Gasteiger partial charge in [0.25, 0.3) is 11.6 Å². The summed E-state index contributed by atoms with van der Waals surface area (Å²) in [6.45, 7) is 2.16. The predicted octanol–water partition coefficient (Wildman–Crippen LogP) is 6.22. The largest absolute Gasteiger partial charge is 0.490 e. The van der Waals surface area contributed by atoms with Crippen LogP contribution in [-0.2, 0) is 4.79 Å². The number of thiocarbonyl (C=S) groups is 1. The molecule has 3 aromatic carbocycles. The molecule has 1 amide bonds. The molecule has 0 aliphatic carbocycles. The van der Waals surface area contributed by atoms with E-state index in [1.807, 2.05) is 19.1 Å². The molecule has 0 atom stereocenters. The summed E-state index contributed by atoms with van der Waals surface area (Å²) in [6.07, 6.45) is 1.67. The van der Waals surface area contributed by atoms with Gasteiger partial charge >= 0.3 is 5.97 Å². The number of nitro groups is 1. The van der Waals surface area contributed by atoms with Crippen LogP contribution < -0.4 is 14.4 Å². The van der Waals surface area contributed by atoms with Crippen LogP contribution in [0, 0.1) is 13.7 Å². The van der Waals surface area contributed by atoms with Gasteiger partial charge in [-0.2, -0.15) is 0 Å². The zero-order valence-corrected chi connectivity index (χ0v) is 22.5. The zero-order valence-electron chi connectivity index (χ0n) is 18.7. The third-order valence-electron chi connectivity index (χ3n) is 4.97. The van der Waals surface area contributed by atoms with Gasteiger partial charge in [0.1, 0.15) is 0 Å². The molecule has 0 radical (unpaired) electrons. The standard InChI is InChI=1S/C25H17IN2O6S2/c1-2-33-21-13-15(7-12-20(21)34-24(30)18-5-3-4-6-19(18)26)14-22-23(29)27(25(35)36-22)16-8-10-17(11-9-16)28(31)32/h3-14H,2H2,1H3/b22-14-. The number of nitrogens with zero attached hydrogens (tertiary/aromatic N) is 2. The highest BCUT2D eigenvalue weighted by Crippen LogP contribution is 2.38. The van der Waals surface area contributed by atoms with E-state index in [4.69, 9.17) is 21.7 Å². The number of carbonyl (C=O) groups is 2. The van der Waals surface area contributed by atoms with Gasteiger partial charge in [0.2, 0.25) is 0 Å². The molecule has 0 spiro atoms. The Morgan fingerprint density at radius 2 is 1.86 bits per heavy atom. The summed E-state index contributed by atoms with van der Waals surface area (Å²) in [5.74, 6) is -0.225. The summed E-state index contributed by atoms with van der Waals surface area (Å²) in [5.41, 5.74) is 1.46. The number of non-ortho nitro benzene ring substituents is 1. The normalized spacial score (nSPS) is 14.3. The number of anilines is 1. The summed E-state index contributed by atoms with van der Waals surface area (Å²) in [6, 6.07) is 17.7. The van der Waals surface area contributed by atoms with E-state index in [-0.39, 0.29) is 17.3 Å². The van der Waals surface area contributed by atoms with Crippen molar-refractivity contribution in [2.24, 2.45) is 0 Å². The molecule has 4 rings (SSSR count). The molecule has 36 heavy (non-hydrogen) atoms. The van der Waals surface area contributed by atoms with Crippen LogP contribution in [0.3, 0.4) is 0 Å². The number of carbonyl (C=O) groups excluding carboxylic acids is 2. The van der Waals surface area contributed by atoms with Crippen molar-refractivity contribution in [2.75, 3.05) is 11.5 Å².